The summed E-state index contributed by atoms with van der Waals surface area (Å²) in [5, 5.41) is 8.45. The maximum absolute atomic E-state index is 13.6. The number of anilines is 1. The maximum Gasteiger partial charge on any atom is 0.407 e. The van der Waals surface area contributed by atoms with E-state index in [4.69, 9.17) is 9.72 Å². The third kappa shape index (κ3) is 8.34. The number of thiazole rings is 1. The highest BCUT2D eigenvalue weighted by molar-refractivity contribution is 7.80. The van der Waals surface area contributed by atoms with E-state index < -0.39 is 29.4 Å². The summed E-state index contributed by atoms with van der Waals surface area (Å²) in [6.45, 7) is 0. The molecule has 204 valence electrons. The number of aromatic nitrogens is 1. The number of methoxy groups -OCH3 is 1. The van der Waals surface area contributed by atoms with Gasteiger partial charge in [-0.2, -0.15) is 0 Å². The monoisotopic (exact) mass is 565 g/mol. The molecule has 3 aromatic rings. The Morgan fingerprint density at radius 3 is 2.49 bits per heavy atom. The number of nitrogens with zero attached hydrogens (tertiary/aromatic N) is 1. The highest BCUT2D eigenvalue weighted by Gasteiger charge is 2.27. The molecule has 1 aliphatic carbocycles. The van der Waals surface area contributed by atoms with Crippen LogP contribution in [0.3, 0.4) is 0 Å². The third-order valence-electron chi connectivity index (χ3n) is 6.15. The second-order valence-corrected chi connectivity index (χ2v) is 10.5. The zero-order valence-corrected chi connectivity index (χ0v) is 22.9. The summed E-state index contributed by atoms with van der Waals surface area (Å²) in [7, 11) is 1.25. The third-order valence-corrected chi connectivity index (χ3v) is 7.51. The van der Waals surface area contributed by atoms with E-state index in [1.54, 1.807) is 24.3 Å². The van der Waals surface area contributed by atoms with Crippen molar-refractivity contribution < 1.29 is 23.1 Å². The van der Waals surface area contributed by atoms with Gasteiger partial charge in [0, 0.05) is 28.8 Å². The lowest BCUT2D eigenvalue weighted by molar-refractivity contribution is -0.123. The molecule has 0 aliphatic heterocycles. The number of rotatable bonds is 11. The number of benzene rings is 2. The molecule has 2 amide bonds. The van der Waals surface area contributed by atoms with Gasteiger partial charge in [-0.05, 0) is 48.1 Å². The van der Waals surface area contributed by atoms with Crippen molar-refractivity contribution in [2.45, 2.75) is 37.8 Å². The number of carbonyl (C=O) groups is 2. The van der Waals surface area contributed by atoms with E-state index >= 15 is 0 Å². The molecule has 0 bridgehead atoms. The number of hydrogen-bond acceptors (Lipinski definition) is 7. The second-order valence-electron chi connectivity index (χ2n) is 8.91. The van der Waals surface area contributed by atoms with Crippen LogP contribution in [0.1, 0.15) is 40.7 Å². The number of hydrogen-bond donors (Lipinski definition) is 3. The smallest absolute Gasteiger partial charge is 0.407 e. The molecule has 3 N–H and O–H groups in total. The van der Waals surface area contributed by atoms with Crippen molar-refractivity contribution in [1.82, 2.24) is 15.6 Å². The minimum Gasteiger partial charge on any atom is -0.755 e. The molecule has 1 unspecified atom stereocenters. The first-order valence-corrected chi connectivity index (χ1v) is 14.3. The summed E-state index contributed by atoms with van der Waals surface area (Å²) >= 11 is -0.958. The van der Waals surface area contributed by atoms with Gasteiger partial charge in [0.2, 0.25) is 5.91 Å². The van der Waals surface area contributed by atoms with Crippen molar-refractivity contribution in [3.05, 3.63) is 100 Å². The quantitative estimate of drug-likeness (QED) is 0.294. The van der Waals surface area contributed by atoms with Crippen LogP contribution in [0, 0.1) is 0 Å². The van der Waals surface area contributed by atoms with Gasteiger partial charge in [-0.3, -0.25) is 9.00 Å². The summed E-state index contributed by atoms with van der Waals surface area (Å²) in [5.41, 5.74) is 4.22. The van der Waals surface area contributed by atoms with E-state index in [2.05, 4.69) is 27.5 Å². The predicted octanol–water partition coefficient (Wildman–Crippen LogP) is 4.45. The fourth-order valence-electron chi connectivity index (χ4n) is 4.18. The van der Waals surface area contributed by atoms with Gasteiger partial charge in [0.05, 0.1) is 18.8 Å². The Morgan fingerprint density at radius 1 is 1.08 bits per heavy atom. The zero-order valence-electron chi connectivity index (χ0n) is 21.3. The Kier molecular flexibility index (Phi) is 10.0. The van der Waals surface area contributed by atoms with Gasteiger partial charge in [-0.15, -0.1) is 11.3 Å². The predicted molar refractivity (Wildman–Crippen MR) is 152 cm³/mol. The van der Waals surface area contributed by atoms with E-state index in [9.17, 15) is 18.4 Å². The number of amides is 2. The second kappa shape index (κ2) is 13.8. The Balaban J connectivity index is 1.58. The number of carbonyl (C=O) groups excluding carboxylic acids is 2. The standard InChI is InChI=1S/C28H30N4O5S2/c1-37-28(34)31-23(16-19-8-4-2-5-9-19)26(33)29-24(17-20-12-14-22(15-13-20)32-39(35)36)27-30-25(18-38-27)21-10-6-3-7-11-21/h2-6,8-10,12-15,18,23-24,32H,7,11,16-17H2,1H3,(H,29,33)(H,31,34)(H,35,36)/p-1/t23-,24-/m0/s1. The molecule has 9 nitrogen and oxygen atoms in total. The summed E-state index contributed by atoms with van der Waals surface area (Å²) in [4.78, 5) is 30.5. The van der Waals surface area contributed by atoms with Crippen LogP contribution in [0.15, 0.2) is 78.2 Å². The number of allylic oxidation sites excluding steroid dienone is 4. The van der Waals surface area contributed by atoms with Crippen molar-refractivity contribution in [3.63, 3.8) is 0 Å². The van der Waals surface area contributed by atoms with Gasteiger partial charge >= 0.3 is 6.09 Å². The van der Waals surface area contributed by atoms with Gasteiger partial charge in [0.25, 0.3) is 0 Å². The first-order valence-electron chi connectivity index (χ1n) is 12.4. The molecule has 11 heteroatoms. The van der Waals surface area contributed by atoms with Crippen LogP contribution in [-0.2, 0) is 33.6 Å². The van der Waals surface area contributed by atoms with E-state index in [0.717, 1.165) is 40.2 Å². The van der Waals surface area contributed by atoms with Gasteiger partial charge in [0.15, 0.2) is 0 Å². The maximum atomic E-state index is 13.6. The lowest BCUT2D eigenvalue weighted by Crippen LogP contribution is -2.49. The number of ether oxygens (including phenoxy) is 1. The molecule has 1 aliphatic rings. The highest BCUT2D eigenvalue weighted by atomic mass is 32.2. The summed E-state index contributed by atoms with van der Waals surface area (Å²) in [6.07, 6.45) is 8.03. The summed E-state index contributed by atoms with van der Waals surface area (Å²) in [6, 6.07) is 15.0. The van der Waals surface area contributed by atoms with Crippen molar-refractivity contribution in [2.75, 3.05) is 11.8 Å². The molecule has 1 heterocycles. The van der Waals surface area contributed by atoms with Crippen molar-refractivity contribution in [1.29, 1.82) is 0 Å². The molecule has 39 heavy (non-hydrogen) atoms. The lowest BCUT2D eigenvalue weighted by Gasteiger charge is -2.22. The molecule has 0 fully saturated rings. The molecule has 0 radical (unpaired) electrons. The van der Waals surface area contributed by atoms with Gasteiger partial charge in [0.1, 0.15) is 11.0 Å². The summed E-state index contributed by atoms with van der Waals surface area (Å²) < 4.78 is 29.0. The van der Waals surface area contributed by atoms with Crippen LogP contribution in [0.2, 0.25) is 0 Å². The van der Waals surface area contributed by atoms with Gasteiger partial charge < -0.3 is 24.6 Å². The van der Waals surface area contributed by atoms with E-state index in [1.165, 1.54) is 18.4 Å². The molecule has 0 saturated heterocycles. The summed E-state index contributed by atoms with van der Waals surface area (Å²) in [5.74, 6) is -0.370. The van der Waals surface area contributed by atoms with Crippen LogP contribution in [0.4, 0.5) is 10.5 Å². The van der Waals surface area contributed by atoms with Gasteiger partial charge in [-0.25, -0.2) is 9.78 Å². The molecule has 0 spiro atoms. The van der Waals surface area contributed by atoms with E-state index in [1.807, 2.05) is 41.8 Å². The normalized spacial score (nSPS) is 15.0. The Morgan fingerprint density at radius 2 is 1.82 bits per heavy atom. The van der Waals surface area contributed by atoms with Crippen LogP contribution in [0.25, 0.3) is 5.57 Å². The van der Waals surface area contributed by atoms with Crippen molar-refractivity contribution in [2.24, 2.45) is 0 Å². The molecule has 4 rings (SSSR count). The SMILES string of the molecule is COC(=O)N[C@@H](Cc1ccccc1)C(=O)N[C@@H](Cc1ccc(NS(=O)[O-])cc1)c1nc(C2=CC=CCC2)cs1. The van der Waals surface area contributed by atoms with Crippen molar-refractivity contribution >= 4 is 45.9 Å². The minimum atomic E-state index is -2.42. The number of alkyl carbamates (subject to hydrolysis) is 1. The van der Waals surface area contributed by atoms with Crippen LogP contribution in [0.5, 0.6) is 0 Å². The van der Waals surface area contributed by atoms with E-state index in [0.29, 0.717) is 12.1 Å². The largest absolute Gasteiger partial charge is 0.755 e. The first kappa shape index (κ1) is 28.2. The Labute approximate surface area is 233 Å². The average molecular weight is 566 g/mol. The van der Waals surface area contributed by atoms with Crippen LogP contribution < -0.4 is 15.4 Å². The molecule has 3 atom stereocenters. The van der Waals surface area contributed by atoms with Crippen molar-refractivity contribution in [3.8, 4) is 0 Å². The lowest BCUT2D eigenvalue weighted by atomic mass is 10.0. The molecular formula is C28H29N4O5S2-. The molecular weight excluding hydrogens is 536 g/mol. The van der Waals surface area contributed by atoms with E-state index in [-0.39, 0.29) is 12.3 Å². The fourth-order valence-corrected chi connectivity index (χ4v) is 5.41. The molecule has 0 saturated carbocycles. The first-order chi connectivity index (χ1) is 18.9. The Bertz CT molecular complexity index is 1360. The molecule has 2 aromatic carbocycles. The molecule has 1 aromatic heterocycles. The zero-order chi connectivity index (χ0) is 27.6. The minimum absolute atomic E-state index is 0.281. The number of nitrogens with one attached hydrogen (secondary N) is 3. The van der Waals surface area contributed by atoms with Gasteiger partial charge in [-0.1, -0.05) is 60.7 Å². The fraction of sp³-hybridized carbons (Fsp3) is 0.250. The topological polar surface area (TPSA) is 132 Å². The van der Waals surface area contributed by atoms with Crippen LogP contribution in [-0.4, -0.2) is 38.9 Å². The van der Waals surface area contributed by atoms with Crippen LogP contribution >= 0.6 is 11.3 Å². The average Bonchev–Trinajstić information content (AvgIpc) is 3.44. The Hall–Kier alpha value is -3.80. The highest BCUT2D eigenvalue weighted by Crippen LogP contribution is 2.29.